The van der Waals surface area contributed by atoms with E-state index in [2.05, 4.69) is 25.9 Å². The van der Waals surface area contributed by atoms with Gasteiger partial charge in [-0.3, -0.25) is 4.79 Å². The van der Waals surface area contributed by atoms with Crippen LogP contribution in [0.2, 0.25) is 0 Å². The molecule has 1 aromatic heterocycles. The van der Waals surface area contributed by atoms with Crippen molar-refractivity contribution in [3.63, 3.8) is 0 Å². The van der Waals surface area contributed by atoms with E-state index >= 15 is 0 Å². The van der Waals surface area contributed by atoms with Crippen molar-refractivity contribution in [1.29, 1.82) is 0 Å². The third-order valence-corrected chi connectivity index (χ3v) is 2.78. The monoisotopic (exact) mass is 240 g/mol. The van der Waals surface area contributed by atoms with Crippen LogP contribution in [0.3, 0.4) is 0 Å². The molecule has 3 nitrogen and oxygen atoms in total. The van der Waals surface area contributed by atoms with Crippen molar-refractivity contribution in [2.24, 2.45) is 5.92 Å². The Morgan fingerprint density at radius 1 is 1.62 bits per heavy atom. The first-order valence-electron chi connectivity index (χ1n) is 4.24. The zero-order valence-electron chi connectivity index (χ0n) is 7.03. The van der Waals surface area contributed by atoms with E-state index < -0.39 is 0 Å². The number of nitrogens with zero attached hydrogens (tertiary/aromatic N) is 2. The van der Waals surface area contributed by atoms with Gasteiger partial charge < -0.3 is 0 Å². The third kappa shape index (κ3) is 2.12. The number of hydrogen-bond donors (Lipinski definition) is 0. The highest BCUT2D eigenvalue weighted by Gasteiger charge is 2.29. The second kappa shape index (κ2) is 3.54. The summed E-state index contributed by atoms with van der Waals surface area (Å²) in [5, 5.41) is 0. The summed E-state index contributed by atoms with van der Waals surface area (Å²) in [6, 6.07) is 0. The van der Waals surface area contributed by atoms with E-state index in [1.165, 1.54) is 6.33 Å². The molecule has 2 rings (SSSR count). The number of halogens is 1. The summed E-state index contributed by atoms with van der Waals surface area (Å²) < 4.78 is 0.823. The Balaban J connectivity index is 2.08. The van der Waals surface area contributed by atoms with Gasteiger partial charge >= 0.3 is 0 Å². The molecule has 0 spiro atoms. The van der Waals surface area contributed by atoms with Gasteiger partial charge in [0.25, 0.3) is 0 Å². The summed E-state index contributed by atoms with van der Waals surface area (Å²) in [5.41, 5.74) is 0.798. The minimum atomic E-state index is 0.305. The van der Waals surface area contributed by atoms with E-state index in [0.717, 1.165) is 23.0 Å². The quantitative estimate of drug-likeness (QED) is 0.809. The zero-order chi connectivity index (χ0) is 9.26. The molecule has 0 bridgehead atoms. The summed E-state index contributed by atoms with van der Waals surface area (Å²) in [7, 11) is 0. The third-order valence-electron chi connectivity index (χ3n) is 2.12. The van der Waals surface area contributed by atoms with Crippen LogP contribution in [0.1, 0.15) is 18.5 Å². The number of carbonyl (C=O) groups excluding carboxylic acids is 1. The van der Waals surface area contributed by atoms with Crippen molar-refractivity contribution in [1.82, 2.24) is 9.97 Å². The first-order chi connectivity index (χ1) is 6.27. The first kappa shape index (κ1) is 8.81. The molecule has 1 heterocycles. The second-order valence-electron chi connectivity index (χ2n) is 3.23. The first-order valence-corrected chi connectivity index (χ1v) is 5.04. The molecule has 0 aromatic carbocycles. The highest BCUT2D eigenvalue weighted by molar-refractivity contribution is 9.10. The molecule has 0 atom stereocenters. The summed E-state index contributed by atoms with van der Waals surface area (Å²) in [6.07, 6.45) is 5.69. The molecule has 0 unspecified atom stereocenters. The Hall–Kier alpha value is -0.770. The van der Waals surface area contributed by atoms with Gasteiger partial charge in [0, 0.05) is 12.1 Å². The van der Waals surface area contributed by atoms with E-state index in [4.69, 9.17) is 0 Å². The fraction of sp³-hybridized carbons (Fsp3) is 0.444. The zero-order valence-corrected chi connectivity index (χ0v) is 8.62. The summed E-state index contributed by atoms with van der Waals surface area (Å²) >= 11 is 3.32. The average molecular weight is 241 g/mol. The number of aromatic nitrogens is 2. The van der Waals surface area contributed by atoms with E-state index in [-0.39, 0.29) is 0 Å². The molecule has 0 aliphatic heterocycles. The lowest BCUT2D eigenvalue weighted by atomic mass is 10.1. The lowest BCUT2D eigenvalue weighted by molar-refractivity contribution is -0.119. The molecular weight excluding hydrogens is 232 g/mol. The smallest absolute Gasteiger partial charge is 0.141 e. The molecular formula is C9H9BrN2O. The molecule has 4 heteroatoms. The van der Waals surface area contributed by atoms with Crippen LogP contribution < -0.4 is 0 Å². The van der Waals surface area contributed by atoms with Crippen molar-refractivity contribution in [2.45, 2.75) is 19.3 Å². The number of rotatable bonds is 3. The summed E-state index contributed by atoms with van der Waals surface area (Å²) in [6.45, 7) is 0. The predicted octanol–water partition coefficient (Wildman–Crippen LogP) is 1.76. The highest BCUT2D eigenvalue weighted by Crippen LogP contribution is 2.31. The van der Waals surface area contributed by atoms with Gasteiger partial charge in [-0.1, -0.05) is 0 Å². The van der Waals surface area contributed by atoms with E-state index in [1.807, 2.05) is 0 Å². The van der Waals surface area contributed by atoms with Crippen LogP contribution in [-0.2, 0) is 11.2 Å². The van der Waals surface area contributed by atoms with Crippen LogP contribution in [-0.4, -0.2) is 15.8 Å². The molecule has 68 valence electrons. The van der Waals surface area contributed by atoms with Gasteiger partial charge in [-0.25, -0.2) is 9.97 Å². The van der Waals surface area contributed by atoms with E-state index in [1.54, 1.807) is 6.20 Å². The number of hydrogen-bond acceptors (Lipinski definition) is 3. The summed E-state index contributed by atoms with van der Waals surface area (Å²) in [5.74, 6) is 0.612. The van der Waals surface area contributed by atoms with Crippen LogP contribution in [0.5, 0.6) is 0 Å². The standard InChI is InChI=1S/C9H9BrN2O/c10-7-4-11-5-12-8(7)3-9(13)6-1-2-6/h4-6H,1-3H2. The maximum absolute atomic E-state index is 11.4. The minimum Gasteiger partial charge on any atom is -0.299 e. The van der Waals surface area contributed by atoms with Gasteiger partial charge in [0.15, 0.2) is 0 Å². The Bertz CT molecular complexity index is 336. The molecule has 13 heavy (non-hydrogen) atoms. The highest BCUT2D eigenvalue weighted by atomic mass is 79.9. The largest absolute Gasteiger partial charge is 0.299 e. The van der Waals surface area contributed by atoms with Gasteiger partial charge in [0.2, 0.25) is 0 Å². The van der Waals surface area contributed by atoms with Crippen LogP contribution in [0.4, 0.5) is 0 Å². The maximum Gasteiger partial charge on any atom is 0.141 e. The number of Topliss-reactive ketones (excluding diaryl/α,β-unsaturated/α-hetero) is 1. The van der Waals surface area contributed by atoms with Crippen molar-refractivity contribution in [3.05, 3.63) is 22.7 Å². The van der Waals surface area contributed by atoms with Crippen LogP contribution in [0.25, 0.3) is 0 Å². The molecule has 0 saturated heterocycles. The Morgan fingerprint density at radius 3 is 3.00 bits per heavy atom. The average Bonchev–Trinajstić information content (AvgIpc) is 2.91. The SMILES string of the molecule is O=C(Cc1ncncc1Br)C1CC1. The molecule has 1 aromatic rings. The van der Waals surface area contributed by atoms with Gasteiger partial charge in [0.05, 0.1) is 16.6 Å². The molecule has 1 aliphatic rings. The van der Waals surface area contributed by atoms with Crippen molar-refractivity contribution in [3.8, 4) is 0 Å². The van der Waals surface area contributed by atoms with Crippen LogP contribution in [0, 0.1) is 5.92 Å². The van der Waals surface area contributed by atoms with Gasteiger partial charge in [-0.15, -0.1) is 0 Å². The minimum absolute atomic E-state index is 0.305. The normalized spacial score (nSPS) is 15.8. The predicted molar refractivity (Wildman–Crippen MR) is 51.2 cm³/mol. The Morgan fingerprint density at radius 2 is 2.38 bits per heavy atom. The van der Waals surface area contributed by atoms with Gasteiger partial charge in [-0.2, -0.15) is 0 Å². The molecule has 0 amide bonds. The molecule has 0 radical (unpaired) electrons. The topological polar surface area (TPSA) is 42.9 Å². The number of carbonyl (C=O) groups is 1. The van der Waals surface area contributed by atoms with Crippen molar-refractivity contribution >= 4 is 21.7 Å². The van der Waals surface area contributed by atoms with Crippen molar-refractivity contribution in [2.75, 3.05) is 0 Å². The van der Waals surface area contributed by atoms with Gasteiger partial charge in [-0.05, 0) is 28.8 Å². The lowest BCUT2D eigenvalue weighted by Gasteiger charge is -1.99. The fourth-order valence-corrected chi connectivity index (χ4v) is 1.54. The van der Waals surface area contributed by atoms with Crippen LogP contribution >= 0.6 is 15.9 Å². The summed E-state index contributed by atoms with van der Waals surface area (Å²) in [4.78, 5) is 19.3. The number of ketones is 1. The van der Waals surface area contributed by atoms with E-state index in [0.29, 0.717) is 18.1 Å². The Kier molecular flexibility index (Phi) is 2.40. The maximum atomic E-state index is 11.4. The molecule has 1 fully saturated rings. The van der Waals surface area contributed by atoms with Crippen molar-refractivity contribution < 1.29 is 4.79 Å². The molecule has 1 aliphatic carbocycles. The Labute approximate surface area is 84.7 Å². The molecule has 1 saturated carbocycles. The van der Waals surface area contributed by atoms with E-state index in [9.17, 15) is 4.79 Å². The molecule has 0 N–H and O–H groups in total. The fourth-order valence-electron chi connectivity index (χ4n) is 1.18. The van der Waals surface area contributed by atoms with Crippen LogP contribution in [0.15, 0.2) is 17.0 Å². The lowest BCUT2D eigenvalue weighted by Crippen LogP contribution is -2.06. The second-order valence-corrected chi connectivity index (χ2v) is 4.09. The van der Waals surface area contributed by atoms with Gasteiger partial charge in [0.1, 0.15) is 12.1 Å².